The van der Waals surface area contributed by atoms with Crippen LogP contribution in [0.2, 0.25) is 10.0 Å². The number of benzene rings is 2. The Morgan fingerprint density at radius 3 is 1.48 bits per heavy atom. The van der Waals surface area contributed by atoms with Gasteiger partial charge in [0.1, 0.15) is 11.4 Å². The van der Waals surface area contributed by atoms with Crippen LogP contribution < -0.4 is 21.3 Å². The van der Waals surface area contributed by atoms with Crippen molar-refractivity contribution in [3.05, 3.63) is 139 Å². The van der Waals surface area contributed by atoms with Crippen LogP contribution in [-0.2, 0) is 0 Å². The first-order valence-corrected chi connectivity index (χ1v) is 16.5. The Kier molecular flexibility index (Phi) is 12.1. The van der Waals surface area contributed by atoms with Gasteiger partial charge in [-0.25, -0.2) is 0 Å². The molecule has 4 heterocycles. The van der Waals surface area contributed by atoms with Gasteiger partial charge in [0, 0.05) is 24.3 Å². The number of carbonyl (C=O) groups excluding carboxylic acids is 4. The lowest BCUT2D eigenvalue weighted by Crippen LogP contribution is -2.14. The van der Waals surface area contributed by atoms with Gasteiger partial charge in [-0.15, -0.1) is 0 Å². The summed E-state index contributed by atoms with van der Waals surface area (Å²) in [6.45, 7) is 0. The Balaban J connectivity index is 0.000000194. The quantitative estimate of drug-likeness (QED) is 0.0908. The summed E-state index contributed by atoms with van der Waals surface area (Å²) >= 11 is 18.5. The minimum atomic E-state index is -0.433. The molecule has 0 saturated carbocycles. The lowest BCUT2D eigenvalue weighted by molar-refractivity contribution is 0.101. The molecule has 6 rings (SSSR count). The molecule has 50 heavy (non-hydrogen) atoms. The normalized spacial score (nSPS) is 10.3. The third kappa shape index (κ3) is 8.97. The predicted octanol–water partition coefficient (Wildman–Crippen LogP) is 7.45. The number of nitrogens with one attached hydrogen (secondary N) is 6. The summed E-state index contributed by atoms with van der Waals surface area (Å²) in [6.07, 6.45) is 6.24. The summed E-state index contributed by atoms with van der Waals surface area (Å²) < 4.78 is 0.661. The van der Waals surface area contributed by atoms with E-state index in [0.717, 1.165) is 0 Å². The molecular formula is C32H22Br2Cl2N10O4. The van der Waals surface area contributed by atoms with Crippen LogP contribution in [0.3, 0.4) is 0 Å². The van der Waals surface area contributed by atoms with E-state index in [1.54, 1.807) is 91.4 Å². The fraction of sp³-hybridized carbons (Fsp3) is 0. The lowest BCUT2D eigenvalue weighted by atomic mass is 10.2. The maximum atomic E-state index is 12.3. The maximum absolute atomic E-state index is 12.3. The Morgan fingerprint density at radius 2 is 1.02 bits per heavy atom. The fourth-order valence-electron chi connectivity index (χ4n) is 4.02. The van der Waals surface area contributed by atoms with Crippen molar-refractivity contribution in [1.82, 2.24) is 30.4 Å². The van der Waals surface area contributed by atoms with Crippen LogP contribution in [0.5, 0.6) is 0 Å². The number of hydrogen-bond acceptors (Lipinski definition) is 8. The van der Waals surface area contributed by atoms with Crippen LogP contribution in [0.15, 0.2) is 107 Å². The number of nitrogens with zero attached hydrogens (tertiary/aromatic N) is 4. The highest BCUT2D eigenvalue weighted by Crippen LogP contribution is 2.27. The van der Waals surface area contributed by atoms with Gasteiger partial charge in [0.15, 0.2) is 11.6 Å². The van der Waals surface area contributed by atoms with Crippen LogP contribution in [-0.4, -0.2) is 54.0 Å². The summed E-state index contributed by atoms with van der Waals surface area (Å²) in [5.74, 6) is -1.34. The van der Waals surface area contributed by atoms with Gasteiger partial charge in [0.2, 0.25) is 0 Å². The van der Waals surface area contributed by atoms with Gasteiger partial charge in [-0.3, -0.25) is 39.3 Å². The molecular weight excluding hydrogens is 819 g/mol. The van der Waals surface area contributed by atoms with E-state index in [2.05, 4.69) is 83.5 Å². The van der Waals surface area contributed by atoms with Gasteiger partial charge in [-0.2, -0.15) is 10.2 Å². The first-order valence-electron chi connectivity index (χ1n) is 14.1. The van der Waals surface area contributed by atoms with Crippen LogP contribution >= 0.6 is 55.1 Å². The molecule has 0 saturated heterocycles. The van der Waals surface area contributed by atoms with E-state index in [-0.39, 0.29) is 23.0 Å². The molecule has 0 atom stereocenters. The van der Waals surface area contributed by atoms with Crippen molar-refractivity contribution in [1.29, 1.82) is 0 Å². The van der Waals surface area contributed by atoms with Gasteiger partial charge in [0.05, 0.1) is 42.0 Å². The summed E-state index contributed by atoms with van der Waals surface area (Å²) in [4.78, 5) is 56.9. The number of amides is 4. The summed E-state index contributed by atoms with van der Waals surface area (Å²) in [5.41, 5.74) is 2.07. The molecule has 252 valence electrons. The van der Waals surface area contributed by atoms with E-state index in [4.69, 9.17) is 23.2 Å². The number of rotatable bonds is 8. The standard InChI is InChI=1S/2C16H11BrClN5O2/c17-12-13(16(25)20-9-4-3-7-19-8-9)22-23-14(12)21-15(24)10-5-1-2-6-11(10)18;17-12-13(16(25)20-9-5-7-19-8-6-9)22-23-14(12)21-15(24)10-3-1-2-4-11(10)18/h1-8H,(H,20,25)(H2,21,22,23,24);1-8H,(H,19,20,25)(H2,21,22,23,24). The Labute approximate surface area is 310 Å². The number of H-pyrrole nitrogens is 2. The van der Waals surface area contributed by atoms with Crippen LogP contribution in [0, 0.1) is 0 Å². The summed E-state index contributed by atoms with van der Waals surface area (Å²) in [5, 5.41) is 24.3. The summed E-state index contributed by atoms with van der Waals surface area (Å²) in [7, 11) is 0. The summed E-state index contributed by atoms with van der Waals surface area (Å²) in [6, 6.07) is 20.0. The van der Waals surface area contributed by atoms with Crippen LogP contribution in [0.1, 0.15) is 41.7 Å². The van der Waals surface area contributed by atoms with Gasteiger partial charge in [-0.05, 0) is 80.4 Å². The van der Waals surface area contributed by atoms with Crippen molar-refractivity contribution in [3.63, 3.8) is 0 Å². The van der Waals surface area contributed by atoms with Crippen molar-refractivity contribution in [2.24, 2.45) is 0 Å². The number of halogens is 4. The molecule has 4 amide bonds. The molecule has 2 aromatic carbocycles. The van der Waals surface area contributed by atoms with Crippen LogP contribution in [0.25, 0.3) is 0 Å². The monoisotopic (exact) mass is 838 g/mol. The Bertz CT molecular complexity index is 2010. The van der Waals surface area contributed by atoms with E-state index < -0.39 is 23.6 Å². The van der Waals surface area contributed by atoms with Gasteiger partial charge < -0.3 is 21.3 Å². The highest BCUT2D eigenvalue weighted by molar-refractivity contribution is 9.11. The molecule has 18 heteroatoms. The lowest BCUT2D eigenvalue weighted by Gasteiger charge is -2.05. The number of aromatic nitrogens is 6. The number of aromatic amines is 2. The van der Waals surface area contributed by atoms with E-state index in [9.17, 15) is 19.2 Å². The minimum Gasteiger partial charge on any atom is -0.321 e. The molecule has 0 spiro atoms. The molecule has 14 nitrogen and oxygen atoms in total. The molecule has 0 aliphatic carbocycles. The predicted molar refractivity (Wildman–Crippen MR) is 196 cm³/mol. The zero-order valence-electron chi connectivity index (χ0n) is 25.2. The molecule has 6 N–H and O–H groups in total. The molecule has 0 bridgehead atoms. The van der Waals surface area contributed by atoms with Gasteiger partial charge >= 0.3 is 0 Å². The number of hydrogen-bond donors (Lipinski definition) is 6. The smallest absolute Gasteiger partial charge is 0.274 e. The highest BCUT2D eigenvalue weighted by atomic mass is 79.9. The average Bonchev–Trinajstić information content (AvgIpc) is 3.67. The van der Waals surface area contributed by atoms with E-state index >= 15 is 0 Å². The van der Waals surface area contributed by atoms with Gasteiger partial charge in [-0.1, -0.05) is 47.5 Å². The molecule has 6 aromatic rings. The molecule has 4 aromatic heterocycles. The topological polar surface area (TPSA) is 200 Å². The number of carbonyl (C=O) groups is 4. The van der Waals surface area contributed by atoms with Crippen molar-refractivity contribution < 1.29 is 19.2 Å². The second-order valence-electron chi connectivity index (χ2n) is 9.78. The first-order chi connectivity index (χ1) is 24.1. The molecule has 0 aliphatic heterocycles. The van der Waals surface area contributed by atoms with Crippen molar-refractivity contribution in [3.8, 4) is 0 Å². The third-order valence-electron chi connectivity index (χ3n) is 6.43. The van der Waals surface area contributed by atoms with Crippen molar-refractivity contribution in [2.75, 3.05) is 21.3 Å². The first kappa shape index (κ1) is 35.9. The van der Waals surface area contributed by atoms with E-state index in [1.165, 1.54) is 6.20 Å². The van der Waals surface area contributed by atoms with Gasteiger partial charge in [0.25, 0.3) is 23.6 Å². The van der Waals surface area contributed by atoms with Crippen LogP contribution in [0.4, 0.5) is 23.0 Å². The molecule has 0 radical (unpaired) electrons. The molecule has 0 fully saturated rings. The van der Waals surface area contributed by atoms with Crippen molar-refractivity contribution >= 4 is 102 Å². The number of anilines is 4. The van der Waals surface area contributed by atoms with E-state index in [1.807, 2.05) is 0 Å². The second kappa shape index (κ2) is 16.8. The van der Waals surface area contributed by atoms with E-state index in [0.29, 0.717) is 41.5 Å². The molecule has 0 unspecified atom stereocenters. The fourth-order valence-corrected chi connectivity index (χ4v) is 5.38. The van der Waals surface area contributed by atoms with Crippen molar-refractivity contribution in [2.45, 2.75) is 0 Å². The highest BCUT2D eigenvalue weighted by Gasteiger charge is 2.21. The SMILES string of the molecule is O=C(Nc1n[nH]c(C(=O)Nc2cccnc2)c1Br)c1ccccc1Cl.O=C(Nc1n[nH]c(C(=O)Nc2ccncc2)c1Br)c1ccccc1Cl. The Hall–Kier alpha value is -5.42. The number of pyridine rings is 2. The third-order valence-corrected chi connectivity index (χ3v) is 8.63. The average molecular weight is 841 g/mol. The Morgan fingerprint density at radius 1 is 0.540 bits per heavy atom. The zero-order chi connectivity index (χ0) is 35.6. The maximum Gasteiger partial charge on any atom is 0.274 e. The molecule has 0 aliphatic rings. The zero-order valence-corrected chi connectivity index (χ0v) is 29.9. The second-order valence-corrected chi connectivity index (χ2v) is 12.2. The largest absolute Gasteiger partial charge is 0.321 e. The minimum absolute atomic E-state index is 0.165.